The SMILES string of the molecule is CNc1nc2cc(NC(=O)C3COC3)ncc2cc1/C(C)=C\N(C)I. The van der Waals surface area contributed by atoms with Crippen molar-refractivity contribution in [1.29, 1.82) is 0 Å². The number of aromatic nitrogens is 2. The van der Waals surface area contributed by atoms with E-state index >= 15 is 0 Å². The molecular weight excluding hydrogens is 433 g/mol. The van der Waals surface area contributed by atoms with Gasteiger partial charge in [0.05, 0.1) is 47.5 Å². The lowest BCUT2D eigenvalue weighted by Gasteiger charge is -2.24. The molecule has 0 atom stereocenters. The molecule has 0 aromatic carbocycles. The van der Waals surface area contributed by atoms with Gasteiger partial charge in [0.15, 0.2) is 0 Å². The van der Waals surface area contributed by atoms with Crippen molar-refractivity contribution in [1.82, 2.24) is 13.1 Å². The average Bonchev–Trinajstić information content (AvgIpc) is 2.51. The predicted octanol–water partition coefficient (Wildman–Crippen LogP) is 2.90. The maximum absolute atomic E-state index is 12.0. The maximum atomic E-state index is 12.0. The van der Waals surface area contributed by atoms with Crippen LogP contribution in [0.3, 0.4) is 0 Å². The highest BCUT2D eigenvalue weighted by Gasteiger charge is 2.26. The minimum Gasteiger partial charge on any atom is -0.380 e. The molecule has 2 N–H and O–H groups in total. The molecule has 0 radical (unpaired) electrons. The van der Waals surface area contributed by atoms with Crippen LogP contribution in [-0.2, 0) is 9.53 Å². The van der Waals surface area contributed by atoms with E-state index in [2.05, 4.69) is 49.5 Å². The Morgan fingerprint density at radius 3 is 2.80 bits per heavy atom. The molecule has 2 aromatic heterocycles. The Hall–Kier alpha value is -1.94. The maximum Gasteiger partial charge on any atom is 0.233 e. The van der Waals surface area contributed by atoms with Crippen LogP contribution in [-0.4, -0.2) is 46.3 Å². The van der Waals surface area contributed by atoms with Gasteiger partial charge in [0.25, 0.3) is 0 Å². The van der Waals surface area contributed by atoms with Gasteiger partial charge in [-0.3, -0.25) is 4.79 Å². The molecule has 1 aliphatic rings. The third kappa shape index (κ3) is 4.01. The van der Waals surface area contributed by atoms with Crippen molar-refractivity contribution >= 4 is 56.9 Å². The smallest absolute Gasteiger partial charge is 0.233 e. The van der Waals surface area contributed by atoms with Gasteiger partial charge in [-0.2, -0.15) is 0 Å². The molecule has 1 aliphatic heterocycles. The summed E-state index contributed by atoms with van der Waals surface area (Å²) in [5.74, 6) is 1.15. The molecule has 2 aromatic rings. The van der Waals surface area contributed by atoms with E-state index in [4.69, 9.17) is 4.74 Å². The minimum atomic E-state index is -0.0845. The number of amides is 1. The fourth-order valence-electron chi connectivity index (χ4n) is 2.58. The first-order valence-electron chi connectivity index (χ1n) is 7.92. The van der Waals surface area contributed by atoms with Gasteiger partial charge < -0.3 is 18.5 Å². The molecule has 132 valence electrons. The number of halogens is 1. The first-order valence-corrected chi connectivity index (χ1v) is 8.89. The van der Waals surface area contributed by atoms with Crippen molar-refractivity contribution in [2.45, 2.75) is 6.92 Å². The van der Waals surface area contributed by atoms with Crippen molar-refractivity contribution < 1.29 is 9.53 Å². The summed E-state index contributed by atoms with van der Waals surface area (Å²) in [5.41, 5.74) is 2.89. The van der Waals surface area contributed by atoms with Crippen LogP contribution >= 0.6 is 22.9 Å². The second kappa shape index (κ2) is 7.52. The highest BCUT2D eigenvalue weighted by molar-refractivity contribution is 14.1. The summed E-state index contributed by atoms with van der Waals surface area (Å²) in [5, 5.41) is 6.89. The van der Waals surface area contributed by atoms with Gasteiger partial charge in [0, 0.05) is 43.5 Å². The number of allylic oxidation sites excluding steroid dienone is 1. The van der Waals surface area contributed by atoms with Crippen molar-refractivity contribution in [3.63, 3.8) is 0 Å². The number of anilines is 2. The number of rotatable bonds is 5. The predicted molar refractivity (Wildman–Crippen MR) is 107 cm³/mol. The second-order valence-electron chi connectivity index (χ2n) is 5.96. The molecule has 3 heterocycles. The van der Waals surface area contributed by atoms with E-state index < -0.39 is 0 Å². The van der Waals surface area contributed by atoms with E-state index in [1.807, 2.05) is 30.3 Å². The molecule has 7 nitrogen and oxygen atoms in total. The number of hydrogen-bond acceptors (Lipinski definition) is 6. The Morgan fingerprint density at radius 2 is 2.20 bits per heavy atom. The number of hydrogen-bond donors (Lipinski definition) is 2. The van der Waals surface area contributed by atoms with Crippen LogP contribution in [0, 0.1) is 5.92 Å². The van der Waals surface area contributed by atoms with Gasteiger partial charge in [-0.15, -0.1) is 0 Å². The van der Waals surface area contributed by atoms with Crippen molar-refractivity contribution in [3.8, 4) is 0 Å². The molecule has 8 heteroatoms. The summed E-state index contributed by atoms with van der Waals surface area (Å²) in [6.07, 6.45) is 3.77. The van der Waals surface area contributed by atoms with Gasteiger partial charge in [0.1, 0.15) is 11.6 Å². The topological polar surface area (TPSA) is 79.4 Å². The van der Waals surface area contributed by atoms with E-state index in [0.29, 0.717) is 19.0 Å². The summed E-state index contributed by atoms with van der Waals surface area (Å²) < 4.78 is 7.02. The molecule has 25 heavy (non-hydrogen) atoms. The molecule has 0 unspecified atom stereocenters. The number of carbonyl (C=O) groups is 1. The van der Waals surface area contributed by atoms with Crippen molar-refractivity contribution in [2.75, 3.05) is 37.9 Å². The fourth-order valence-corrected chi connectivity index (χ4v) is 3.00. The Bertz CT molecular complexity index is 833. The average molecular weight is 453 g/mol. The van der Waals surface area contributed by atoms with Crippen LogP contribution in [0.5, 0.6) is 0 Å². The molecular formula is C17H20IN5O2. The van der Waals surface area contributed by atoms with E-state index in [0.717, 1.165) is 27.9 Å². The number of nitrogens with one attached hydrogen (secondary N) is 2. The third-order valence-corrected chi connectivity index (χ3v) is 4.27. The summed E-state index contributed by atoms with van der Waals surface area (Å²) >= 11 is 2.21. The van der Waals surface area contributed by atoms with Crippen molar-refractivity contribution in [2.24, 2.45) is 5.92 Å². The Kier molecular flexibility index (Phi) is 5.38. The van der Waals surface area contributed by atoms with Crippen LogP contribution < -0.4 is 10.6 Å². The summed E-state index contributed by atoms with van der Waals surface area (Å²) in [4.78, 5) is 21.0. The molecule has 0 spiro atoms. The molecule has 3 rings (SSSR count). The molecule has 1 fully saturated rings. The highest BCUT2D eigenvalue weighted by atomic mass is 127. The second-order valence-corrected chi connectivity index (χ2v) is 7.48. The number of pyridine rings is 2. The van der Waals surface area contributed by atoms with E-state index in [1.165, 1.54) is 0 Å². The lowest BCUT2D eigenvalue weighted by atomic mass is 10.1. The normalized spacial score (nSPS) is 15.0. The van der Waals surface area contributed by atoms with E-state index in [9.17, 15) is 4.79 Å². The summed E-state index contributed by atoms with van der Waals surface area (Å²) in [6, 6.07) is 3.85. The first kappa shape index (κ1) is 17.9. The number of fused-ring (bicyclic) bond motifs is 1. The van der Waals surface area contributed by atoms with Crippen LogP contribution in [0.4, 0.5) is 11.6 Å². The molecule has 0 bridgehead atoms. The molecule has 1 amide bonds. The van der Waals surface area contributed by atoms with Crippen LogP contribution in [0.1, 0.15) is 12.5 Å². The Labute approximate surface area is 160 Å². The Balaban J connectivity index is 1.93. The number of ether oxygens (including phenoxy) is 1. The first-order chi connectivity index (χ1) is 12.0. The number of carbonyl (C=O) groups excluding carboxylic acids is 1. The molecule has 0 saturated carbocycles. The van der Waals surface area contributed by atoms with E-state index in [1.54, 1.807) is 12.3 Å². The quantitative estimate of drug-likeness (QED) is 0.536. The minimum absolute atomic E-state index is 0.0626. The monoisotopic (exact) mass is 453 g/mol. The lowest BCUT2D eigenvalue weighted by molar-refractivity contribution is -0.133. The van der Waals surface area contributed by atoms with Crippen LogP contribution in [0.15, 0.2) is 24.5 Å². The van der Waals surface area contributed by atoms with Crippen LogP contribution in [0.2, 0.25) is 0 Å². The van der Waals surface area contributed by atoms with Gasteiger partial charge >= 0.3 is 0 Å². The lowest BCUT2D eigenvalue weighted by Crippen LogP contribution is -2.38. The van der Waals surface area contributed by atoms with Gasteiger partial charge in [-0.1, -0.05) is 0 Å². The van der Waals surface area contributed by atoms with Gasteiger partial charge in [0.2, 0.25) is 5.91 Å². The van der Waals surface area contributed by atoms with Crippen LogP contribution in [0.25, 0.3) is 16.5 Å². The summed E-state index contributed by atoms with van der Waals surface area (Å²) in [7, 11) is 3.82. The number of nitrogens with zero attached hydrogens (tertiary/aromatic N) is 3. The fraction of sp³-hybridized carbons (Fsp3) is 0.353. The molecule has 1 saturated heterocycles. The molecule has 0 aliphatic carbocycles. The standard InChI is InChI=1S/C17H20IN5O2/c1-10(7-23(3)18)13-4-11-6-20-15(5-14(11)21-16(13)19-2)22-17(24)12-8-25-9-12/h4-7,12H,8-9H2,1-3H3,(H,19,21)(H,20,22,24)/b10-7-. The summed E-state index contributed by atoms with van der Waals surface area (Å²) in [6.45, 7) is 2.99. The zero-order valence-electron chi connectivity index (χ0n) is 14.3. The zero-order valence-corrected chi connectivity index (χ0v) is 16.5. The largest absolute Gasteiger partial charge is 0.380 e. The van der Waals surface area contributed by atoms with Crippen molar-refractivity contribution in [3.05, 3.63) is 30.1 Å². The zero-order chi connectivity index (χ0) is 18.0. The van der Waals surface area contributed by atoms with Gasteiger partial charge in [-0.05, 0) is 18.6 Å². The van der Waals surface area contributed by atoms with Gasteiger partial charge in [-0.25, -0.2) is 9.97 Å². The highest BCUT2D eigenvalue weighted by Crippen LogP contribution is 2.27. The Morgan fingerprint density at radius 1 is 1.44 bits per heavy atom. The third-order valence-electron chi connectivity index (χ3n) is 3.99. The van der Waals surface area contributed by atoms with E-state index in [-0.39, 0.29) is 11.8 Å².